The molecule has 0 amide bonds. The number of rotatable bonds is 1. The third-order valence-electron chi connectivity index (χ3n) is 2.90. The Morgan fingerprint density at radius 1 is 1.27 bits per heavy atom. The minimum atomic E-state index is 0.351. The van der Waals surface area contributed by atoms with Crippen molar-refractivity contribution in [3.63, 3.8) is 0 Å². The topological polar surface area (TPSA) is 32.3 Å². The molecule has 11 heavy (non-hydrogen) atoms. The normalized spacial score (nSPS) is 42.5. The molecule has 3 unspecified atom stereocenters. The summed E-state index contributed by atoms with van der Waals surface area (Å²) in [5.74, 6) is 1.55. The van der Waals surface area contributed by atoms with Gasteiger partial charge in [0.2, 0.25) is 0 Å². The standard InChI is InChI=1S/C9H15NO/c11-10-9-5-7-2-1-3-8(4-7)6-9/h1-2,7-11H,3-6H2. The van der Waals surface area contributed by atoms with Crippen molar-refractivity contribution in [3.05, 3.63) is 12.2 Å². The zero-order valence-corrected chi connectivity index (χ0v) is 6.66. The molecule has 2 rings (SSSR count). The fourth-order valence-corrected chi connectivity index (χ4v) is 2.40. The van der Waals surface area contributed by atoms with E-state index in [1.54, 1.807) is 0 Å². The first-order valence-corrected chi connectivity index (χ1v) is 4.44. The molecule has 2 aliphatic carbocycles. The Labute approximate surface area is 67.3 Å². The second-order valence-corrected chi connectivity index (χ2v) is 3.82. The van der Waals surface area contributed by atoms with Gasteiger partial charge in [-0.15, -0.1) is 0 Å². The molecular formula is C9H15NO. The number of hydroxylamine groups is 1. The van der Waals surface area contributed by atoms with Crippen molar-refractivity contribution in [2.24, 2.45) is 11.8 Å². The summed E-state index contributed by atoms with van der Waals surface area (Å²) in [5, 5.41) is 8.77. The van der Waals surface area contributed by atoms with Crippen LogP contribution in [0.15, 0.2) is 12.2 Å². The van der Waals surface area contributed by atoms with Gasteiger partial charge in [-0.1, -0.05) is 12.2 Å². The summed E-state index contributed by atoms with van der Waals surface area (Å²) in [5.41, 5.74) is 2.40. The van der Waals surface area contributed by atoms with E-state index in [-0.39, 0.29) is 0 Å². The summed E-state index contributed by atoms with van der Waals surface area (Å²) in [6, 6.07) is 0.351. The second kappa shape index (κ2) is 2.95. The van der Waals surface area contributed by atoms with Crippen LogP contribution in [0.5, 0.6) is 0 Å². The summed E-state index contributed by atoms with van der Waals surface area (Å²) in [6.45, 7) is 0. The lowest BCUT2D eigenvalue weighted by Crippen LogP contribution is -2.36. The monoisotopic (exact) mass is 153 g/mol. The molecule has 0 aliphatic heterocycles. The van der Waals surface area contributed by atoms with Crippen LogP contribution in [0.1, 0.15) is 25.7 Å². The molecule has 1 fully saturated rings. The molecule has 0 spiro atoms. The predicted octanol–water partition coefficient (Wildman–Crippen LogP) is 1.71. The van der Waals surface area contributed by atoms with Gasteiger partial charge in [-0.3, -0.25) is 0 Å². The van der Waals surface area contributed by atoms with Crippen molar-refractivity contribution in [1.29, 1.82) is 0 Å². The smallest absolute Gasteiger partial charge is 0.0328 e. The molecule has 0 heterocycles. The maximum Gasteiger partial charge on any atom is 0.0328 e. The van der Waals surface area contributed by atoms with E-state index in [1.807, 2.05) is 0 Å². The van der Waals surface area contributed by atoms with Gasteiger partial charge in [-0.05, 0) is 37.5 Å². The quantitative estimate of drug-likeness (QED) is 0.444. The summed E-state index contributed by atoms with van der Waals surface area (Å²) < 4.78 is 0. The van der Waals surface area contributed by atoms with Gasteiger partial charge >= 0.3 is 0 Å². The Balaban J connectivity index is 2.02. The SMILES string of the molecule is ONC1CC2C=CCC(C2)C1. The summed E-state index contributed by atoms with van der Waals surface area (Å²) in [4.78, 5) is 0. The molecule has 0 aromatic rings. The van der Waals surface area contributed by atoms with E-state index in [9.17, 15) is 0 Å². The summed E-state index contributed by atoms with van der Waals surface area (Å²) in [6.07, 6.45) is 9.43. The van der Waals surface area contributed by atoms with Gasteiger partial charge in [0.25, 0.3) is 0 Å². The van der Waals surface area contributed by atoms with Gasteiger partial charge in [0.15, 0.2) is 0 Å². The highest BCUT2D eigenvalue weighted by Crippen LogP contribution is 2.35. The van der Waals surface area contributed by atoms with E-state index in [2.05, 4.69) is 17.6 Å². The van der Waals surface area contributed by atoms with Crippen molar-refractivity contribution in [2.45, 2.75) is 31.7 Å². The maximum absolute atomic E-state index is 8.77. The molecule has 2 aliphatic rings. The van der Waals surface area contributed by atoms with Crippen LogP contribution in [-0.2, 0) is 0 Å². The van der Waals surface area contributed by atoms with Crippen molar-refractivity contribution in [3.8, 4) is 0 Å². The van der Waals surface area contributed by atoms with Crippen molar-refractivity contribution in [1.82, 2.24) is 5.48 Å². The Hall–Kier alpha value is -0.340. The molecule has 2 bridgehead atoms. The zero-order chi connectivity index (χ0) is 7.68. The molecule has 0 saturated heterocycles. The predicted molar refractivity (Wildman–Crippen MR) is 43.3 cm³/mol. The van der Waals surface area contributed by atoms with Gasteiger partial charge < -0.3 is 5.21 Å². The lowest BCUT2D eigenvalue weighted by Gasteiger charge is -2.35. The van der Waals surface area contributed by atoms with E-state index < -0.39 is 0 Å². The Kier molecular flexibility index (Phi) is 1.96. The van der Waals surface area contributed by atoms with Crippen molar-refractivity contribution in [2.75, 3.05) is 0 Å². The number of hydrogen-bond donors (Lipinski definition) is 2. The average molecular weight is 153 g/mol. The molecule has 0 radical (unpaired) electrons. The first-order chi connectivity index (χ1) is 5.38. The maximum atomic E-state index is 8.77. The Bertz CT molecular complexity index is 167. The van der Waals surface area contributed by atoms with Gasteiger partial charge in [-0.2, -0.15) is 0 Å². The minimum absolute atomic E-state index is 0.351. The number of hydrogen-bond acceptors (Lipinski definition) is 2. The zero-order valence-electron chi connectivity index (χ0n) is 6.66. The van der Waals surface area contributed by atoms with Gasteiger partial charge in [0.1, 0.15) is 0 Å². The van der Waals surface area contributed by atoms with Crippen LogP contribution in [0, 0.1) is 11.8 Å². The van der Waals surface area contributed by atoms with E-state index >= 15 is 0 Å². The summed E-state index contributed by atoms with van der Waals surface area (Å²) in [7, 11) is 0. The largest absolute Gasteiger partial charge is 0.317 e. The number of nitrogens with one attached hydrogen (secondary N) is 1. The van der Waals surface area contributed by atoms with Crippen molar-refractivity contribution < 1.29 is 5.21 Å². The van der Waals surface area contributed by atoms with E-state index in [0.29, 0.717) is 6.04 Å². The third-order valence-corrected chi connectivity index (χ3v) is 2.90. The Morgan fingerprint density at radius 2 is 2.18 bits per heavy atom. The third kappa shape index (κ3) is 1.47. The van der Waals surface area contributed by atoms with Crippen LogP contribution in [0.25, 0.3) is 0 Å². The Morgan fingerprint density at radius 3 is 2.91 bits per heavy atom. The van der Waals surface area contributed by atoms with Gasteiger partial charge in [0.05, 0.1) is 0 Å². The molecule has 0 aromatic heterocycles. The highest BCUT2D eigenvalue weighted by atomic mass is 16.5. The molecule has 2 heteroatoms. The number of allylic oxidation sites excluding steroid dienone is 2. The highest BCUT2D eigenvalue weighted by molar-refractivity contribution is 5.01. The van der Waals surface area contributed by atoms with Crippen LogP contribution in [-0.4, -0.2) is 11.2 Å². The average Bonchev–Trinajstić information content (AvgIpc) is 2.03. The molecule has 2 N–H and O–H groups in total. The van der Waals surface area contributed by atoms with Crippen LogP contribution < -0.4 is 5.48 Å². The van der Waals surface area contributed by atoms with Gasteiger partial charge in [-0.25, -0.2) is 5.48 Å². The molecule has 62 valence electrons. The molecule has 1 saturated carbocycles. The highest BCUT2D eigenvalue weighted by Gasteiger charge is 2.28. The van der Waals surface area contributed by atoms with Crippen LogP contribution in [0.3, 0.4) is 0 Å². The van der Waals surface area contributed by atoms with E-state index in [0.717, 1.165) is 24.7 Å². The first kappa shape index (κ1) is 7.32. The second-order valence-electron chi connectivity index (χ2n) is 3.82. The summed E-state index contributed by atoms with van der Waals surface area (Å²) >= 11 is 0. The van der Waals surface area contributed by atoms with Gasteiger partial charge in [0, 0.05) is 6.04 Å². The minimum Gasteiger partial charge on any atom is -0.317 e. The van der Waals surface area contributed by atoms with Crippen LogP contribution in [0.2, 0.25) is 0 Å². The lowest BCUT2D eigenvalue weighted by atomic mass is 9.74. The fraction of sp³-hybridized carbons (Fsp3) is 0.778. The molecule has 0 aromatic carbocycles. The van der Waals surface area contributed by atoms with Crippen molar-refractivity contribution >= 4 is 0 Å². The fourth-order valence-electron chi connectivity index (χ4n) is 2.40. The lowest BCUT2D eigenvalue weighted by molar-refractivity contribution is 0.0804. The van der Waals surface area contributed by atoms with Crippen LogP contribution >= 0.6 is 0 Å². The van der Waals surface area contributed by atoms with E-state index in [4.69, 9.17) is 5.21 Å². The first-order valence-electron chi connectivity index (χ1n) is 4.44. The molecular weight excluding hydrogens is 138 g/mol. The van der Waals surface area contributed by atoms with Crippen LogP contribution in [0.4, 0.5) is 0 Å². The molecule has 2 nitrogen and oxygen atoms in total. The molecule has 3 atom stereocenters. The number of fused-ring (bicyclic) bond motifs is 2. The van der Waals surface area contributed by atoms with E-state index in [1.165, 1.54) is 12.8 Å².